The van der Waals surface area contributed by atoms with Crippen LogP contribution in [0.4, 0.5) is 27.6 Å². The summed E-state index contributed by atoms with van der Waals surface area (Å²) in [7, 11) is 0. The molecular formula is C16H9ClF5NO2S. The van der Waals surface area contributed by atoms with E-state index in [0.717, 1.165) is 36.0 Å². The minimum Gasteiger partial charge on any atom is -0.404 e. The maximum atomic E-state index is 13.5. The molecule has 1 amide bonds. The van der Waals surface area contributed by atoms with Gasteiger partial charge in [0, 0.05) is 11.8 Å². The molecule has 0 radical (unpaired) electrons. The second-order valence-corrected chi connectivity index (χ2v) is 6.77. The fourth-order valence-corrected chi connectivity index (χ4v) is 3.88. The maximum Gasteiger partial charge on any atom is 0.573 e. The summed E-state index contributed by atoms with van der Waals surface area (Å²) in [4.78, 5) is 13.4. The van der Waals surface area contributed by atoms with Crippen molar-refractivity contribution in [2.24, 2.45) is 0 Å². The van der Waals surface area contributed by atoms with Crippen molar-refractivity contribution in [1.82, 2.24) is 0 Å². The van der Waals surface area contributed by atoms with E-state index < -0.39 is 29.1 Å². The maximum absolute atomic E-state index is 13.5. The molecule has 2 aromatic rings. The van der Waals surface area contributed by atoms with Crippen LogP contribution < -0.4 is 9.64 Å². The molecule has 0 saturated carbocycles. The number of carbonyl (C=O) groups is 1. The molecule has 3 rings (SSSR count). The number of benzene rings is 2. The van der Waals surface area contributed by atoms with Crippen molar-refractivity contribution in [3.63, 3.8) is 0 Å². The van der Waals surface area contributed by atoms with Gasteiger partial charge in [0.05, 0.1) is 10.8 Å². The summed E-state index contributed by atoms with van der Waals surface area (Å²) < 4.78 is 67.7. The minimum absolute atomic E-state index is 0.0429. The molecule has 1 heterocycles. The van der Waals surface area contributed by atoms with Crippen LogP contribution in [0.3, 0.4) is 0 Å². The quantitative estimate of drug-likeness (QED) is 0.645. The Labute approximate surface area is 153 Å². The molecule has 138 valence electrons. The van der Waals surface area contributed by atoms with Gasteiger partial charge in [0.15, 0.2) is 0 Å². The highest BCUT2D eigenvalue weighted by Gasteiger charge is 2.36. The zero-order valence-corrected chi connectivity index (χ0v) is 14.3. The lowest BCUT2D eigenvalue weighted by Gasteiger charge is -2.25. The zero-order chi connectivity index (χ0) is 19.1. The number of hydrogen-bond donors (Lipinski definition) is 0. The van der Waals surface area contributed by atoms with E-state index in [-0.39, 0.29) is 27.9 Å². The van der Waals surface area contributed by atoms with E-state index >= 15 is 0 Å². The number of ether oxygens (including phenoxy) is 1. The summed E-state index contributed by atoms with van der Waals surface area (Å²) in [5.41, 5.74) is 0.402. The van der Waals surface area contributed by atoms with Gasteiger partial charge in [-0.3, -0.25) is 9.69 Å². The third-order valence-corrected chi connectivity index (χ3v) is 4.96. The highest BCUT2D eigenvalue weighted by atomic mass is 35.5. The molecule has 0 N–H and O–H groups in total. The van der Waals surface area contributed by atoms with Crippen molar-refractivity contribution < 1.29 is 31.5 Å². The van der Waals surface area contributed by atoms with Crippen LogP contribution in [0.5, 0.6) is 5.75 Å². The molecule has 0 spiro atoms. The van der Waals surface area contributed by atoms with Crippen LogP contribution in [0, 0.1) is 11.6 Å². The number of anilines is 1. The Balaban J connectivity index is 1.95. The highest BCUT2D eigenvalue weighted by molar-refractivity contribution is 8.00. The van der Waals surface area contributed by atoms with Crippen molar-refractivity contribution in [1.29, 1.82) is 0 Å². The number of nitrogens with zero attached hydrogens (tertiary/aromatic N) is 1. The Bertz CT molecular complexity index is 841. The molecule has 1 fully saturated rings. The van der Waals surface area contributed by atoms with Crippen molar-refractivity contribution in [3.05, 3.63) is 58.6 Å². The van der Waals surface area contributed by atoms with Crippen molar-refractivity contribution in [2.45, 2.75) is 11.7 Å². The van der Waals surface area contributed by atoms with Crippen LogP contribution in [-0.4, -0.2) is 18.0 Å². The predicted molar refractivity (Wildman–Crippen MR) is 87.2 cm³/mol. The van der Waals surface area contributed by atoms with Gasteiger partial charge in [-0.15, -0.1) is 24.9 Å². The number of rotatable bonds is 3. The smallest absolute Gasteiger partial charge is 0.404 e. The third-order valence-electron chi connectivity index (χ3n) is 3.46. The summed E-state index contributed by atoms with van der Waals surface area (Å²) in [6, 6.07) is 6.22. The summed E-state index contributed by atoms with van der Waals surface area (Å²) >= 11 is 6.95. The third kappa shape index (κ3) is 4.04. The standard InChI is InChI=1S/C16H9ClF5NO2S/c17-12-6-11(1-2-13(12)25-16(20,21)22)23-14(24)7-26-15(23)8-3-9(18)5-10(19)4-8/h1-6,15H,7H2. The molecule has 2 aromatic carbocycles. The van der Waals surface area contributed by atoms with Gasteiger partial charge in [-0.05, 0) is 35.9 Å². The minimum atomic E-state index is -4.91. The largest absolute Gasteiger partial charge is 0.573 e. The van der Waals surface area contributed by atoms with E-state index in [1.807, 2.05) is 0 Å². The molecular weight excluding hydrogens is 401 g/mol. The van der Waals surface area contributed by atoms with Crippen LogP contribution >= 0.6 is 23.4 Å². The fraction of sp³-hybridized carbons (Fsp3) is 0.188. The van der Waals surface area contributed by atoms with Gasteiger partial charge in [0.25, 0.3) is 0 Å². The van der Waals surface area contributed by atoms with Crippen molar-refractivity contribution in [3.8, 4) is 5.75 Å². The normalized spacial score (nSPS) is 17.7. The van der Waals surface area contributed by atoms with Gasteiger partial charge in [-0.25, -0.2) is 8.78 Å². The van der Waals surface area contributed by atoms with Gasteiger partial charge >= 0.3 is 6.36 Å². The van der Waals surface area contributed by atoms with E-state index in [0.29, 0.717) is 6.07 Å². The van der Waals surface area contributed by atoms with E-state index in [4.69, 9.17) is 11.6 Å². The van der Waals surface area contributed by atoms with Gasteiger partial charge in [0.2, 0.25) is 5.91 Å². The number of carbonyl (C=O) groups excluding carboxylic acids is 1. The van der Waals surface area contributed by atoms with Gasteiger partial charge < -0.3 is 4.74 Å². The van der Waals surface area contributed by atoms with Gasteiger partial charge in [0.1, 0.15) is 22.8 Å². The van der Waals surface area contributed by atoms with Crippen LogP contribution in [0.1, 0.15) is 10.9 Å². The molecule has 10 heteroatoms. The number of amides is 1. The SMILES string of the molecule is O=C1CSC(c2cc(F)cc(F)c2)N1c1ccc(OC(F)(F)F)c(Cl)c1. The summed E-state index contributed by atoms with van der Waals surface area (Å²) in [6.45, 7) is 0. The molecule has 26 heavy (non-hydrogen) atoms. The lowest BCUT2D eigenvalue weighted by Crippen LogP contribution is -2.28. The lowest BCUT2D eigenvalue weighted by molar-refractivity contribution is -0.274. The molecule has 1 aliphatic rings. The van der Waals surface area contributed by atoms with E-state index in [2.05, 4.69) is 4.74 Å². The van der Waals surface area contributed by atoms with Crippen LogP contribution in [0.15, 0.2) is 36.4 Å². The van der Waals surface area contributed by atoms with Crippen molar-refractivity contribution >= 4 is 35.0 Å². The average molecular weight is 410 g/mol. The fourth-order valence-electron chi connectivity index (χ4n) is 2.51. The number of hydrogen-bond acceptors (Lipinski definition) is 3. The first-order valence-electron chi connectivity index (χ1n) is 7.09. The molecule has 3 nitrogen and oxygen atoms in total. The Hall–Kier alpha value is -2.00. The monoisotopic (exact) mass is 409 g/mol. The summed E-state index contributed by atoms with van der Waals surface area (Å²) in [5, 5.41) is -1.09. The van der Waals surface area contributed by atoms with E-state index in [1.165, 1.54) is 11.0 Å². The van der Waals surface area contributed by atoms with Gasteiger partial charge in [-0.2, -0.15) is 0 Å². The summed E-state index contributed by atoms with van der Waals surface area (Å²) in [5.74, 6) is -2.54. The first-order chi connectivity index (χ1) is 12.1. The topological polar surface area (TPSA) is 29.5 Å². The first kappa shape index (κ1) is 18.8. The molecule has 1 saturated heterocycles. The second-order valence-electron chi connectivity index (χ2n) is 5.29. The van der Waals surface area contributed by atoms with E-state index in [1.54, 1.807) is 0 Å². The number of thioether (sulfide) groups is 1. The second kappa shape index (κ2) is 6.96. The van der Waals surface area contributed by atoms with E-state index in [9.17, 15) is 26.7 Å². The molecule has 0 aromatic heterocycles. The predicted octanol–water partition coefficient (Wildman–Crippen LogP) is 5.30. The number of halogens is 6. The van der Waals surface area contributed by atoms with Crippen LogP contribution in [-0.2, 0) is 4.79 Å². The zero-order valence-electron chi connectivity index (χ0n) is 12.7. The van der Waals surface area contributed by atoms with Crippen LogP contribution in [0.2, 0.25) is 5.02 Å². The molecule has 1 atom stereocenters. The Kier molecular flexibility index (Phi) is 5.03. The Morgan fingerprint density at radius 2 is 1.77 bits per heavy atom. The molecule has 0 bridgehead atoms. The lowest BCUT2D eigenvalue weighted by atomic mass is 10.1. The molecule has 1 aliphatic heterocycles. The highest BCUT2D eigenvalue weighted by Crippen LogP contribution is 2.44. The molecule has 1 unspecified atom stereocenters. The Morgan fingerprint density at radius 1 is 1.12 bits per heavy atom. The summed E-state index contributed by atoms with van der Waals surface area (Å²) in [6.07, 6.45) is -4.91. The number of alkyl halides is 3. The van der Waals surface area contributed by atoms with Crippen LogP contribution in [0.25, 0.3) is 0 Å². The van der Waals surface area contributed by atoms with Gasteiger partial charge in [-0.1, -0.05) is 11.6 Å². The molecule has 0 aliphatic carbocycles. The Morgan fingerprint density at radius 3 is 2.35 bits per heavy atom. The average Bonchev–Trinajstić information content (AvgIpc) is 2.89. The first-order valence-corrected chi connectivity index (χ1v) is 8.52. The van der Waals surface area contributed by atoms with Crippen molar-refractivity contribution in [2.75, 3.05) is 10.7 Å².